The highest BCUT2D eigenvalue weighted by atomic mass is 16.5. The number of ether oxygens (including phenoxy) is 1. The third kappa shape index (κ3) is 2.64. The lowest BCUT2D eigenvalue weighted by Gasteiger charge is -2.44. The number of hydrogen-bond acceptors (Lipinski definition) is 3. The molecule has 0 amide bonds. The zero-order valence-electron chi connectivity index (χ0n) is 10.5. The van der Waals surface area contributed by atoms with Crippen LogP contribution in [0.3, 0.4) is 0 Å². The van der Waals surface area contributed by atoms with Crippen molar-refractivity contribution in [3.8, 4) is 0 Å². The monoisotopic (exact) mass is 225 g/mol. The Balaban J connectivity index is 1.92. The van der Waals surface area contributed by atoms with Crippen LogP contribution in [0.2, 0.25) is 0 Å². The van der Waals surface area contributed by atoms with Gasteiger partial charge < -0.3 is 4.74 Å². The molecule has 3 heteroatoms. The highest BCUT2D eigenvalue weighted by Crippen LogP contribution is 2.29. The van der Waals surface area contributed by atoms with E-state index in [1.54, 1.807) is 0 Å². The zero-order valence-corrected chi connectivity index (χ0v) is 10.5. The third-order valence-corrected chi connectivity index (χ3v) is 4.21. The lowest BCUT2D eigenvalue weighted by atomic mass is 9.88. The van der Waals surface area contributed by atoms with Gasteiger partial charge in [-0.25, -0.2) is 0 Å². The van der Waals surface area contributed by atoms with Crippen LogP contribution >= 0.6 is 0 Å². The molecule has 0 aromatic heterocycles. The summed E-state index contributed by atoms with van der Waals surface area (Å²) in [6.07, 6.45) is 6.05. The van der Waals surface area contributed by atoms with Gasteiger partial charge in [0.25, 0.3) is 0 Å². The molecule has 0 spiro atoms. The number of rotatable bonds is 2. The Morgan fingerprint density at radius 3 is 2.69 bits per heavy atom. The number of methoxy groups -OCH3 is 1. The smallest absolute Gasteiger partial charge is 0.133 e. The molecule has 0 aromatic carbocycles. The molecule has 0 aromatic rings. The van der Waals surface area contributed by atoms with Gasteiger partial charge in [-0.15, -0.1) is 0 Å². The number of nitrogens with zero attached hydrogens (tertiary/aromatic N) is 1. The van der Waals surface area contributed by atoms with Crippen LogP contribution in [0.1, 0.15) is 45.4 Å². The Bertz CT molecular complexity index is 257. The van der Waals surface area contributed by atoms with E-state index in [9.17, 15) is 4.79 Å². The molecule has 1 saturated carbocycles. The molecule has 0 N–H and O–H groups in total. The Kier molecular flexibility index (Phi) is 3.65. The molecule has 1 saturated heterocycles. The number of carbonyl (C=O) groups excluding carboxylic acids is 1. The molecule has 1 unspecified atom stereocenters. The van der Waals surface area contributed by atoms with E-state index in [4.69, 9.17) is 4.74 Å². The van der Waals surface area contributed by atoms with Crippen molar-refractivity contribution in [2.75, 3.05) is 20.2 Å². The Morgan fingerprint density at radius 2 is 2.06 bits per heavy atom. The van der Waals surface area contributed by atoms with E-state index in [1.165, 1.54) is 13.0 Å². The maximum absolute atomic E-state index is 11.2. The summed E-state index contributed by atoms with van der Waals surface area (Å²) in [5, 5.41) is 0. The van der Waals surface area contributed by atoms with Crippen molar-refractivity contribution < 1.29 is 9.53 Å². The van der Waals surface area contributed by atoms with Gasteiger partial charge >= 0.3 is 0 Å². The van der Waals surface area contributed by atoms with Crippen molar-refractivity contribution in [1.29, 1.82) is 0 Å². The summed E-state index contributed by atoms with van der Waals surface area (Å²) in [5.74, 6) is 0.447. The van der Waals surface area contributed by atoms with Crippen LogP contribution < -0.4 is 0 Å². The van der Waals surface area contributed by atoms with Crippen LogP contribution in [0, 0.1) is 0 Å². The lowest BCUT2D eigenvalue weighted by Crippen LogP contribution is -2.52. The van der Waals surface area contributed by atoms with Gasteiger partial charge in [-0.05, 0) is 39.2 Å². The van der Waals surface area contributed by atoms with E-state index >= 15 is 0 Å². The van der Waals surface area contributed by atoms with Gasteiger partial charge in [-0.2, -0.15) is 0 Å². The average Bonchev–Trinajstić information content (AvgIpc) is 2.30. The molecule has 2 aliphatic rings. The molecule has 1 aliphatic heterocycles. The molecule has 2 fully saturated rings. The van der Waals surface area contributed by atoms with E-state index < -0.39 is 0 Å². The minimum atomic E-state index is 0.0275. The van der Waals surface area contributed by atoms with Crippen molar-refractivity contribution in [1.82, 2.24) is 4.90 Å². The van der Waals surface area contributed by atoms with Gasteiger partial charge in [0.1, 0.15) is 5.78 Å². The second-order valence-corrected chi connectivity index (χ2v) is 5.50. The number of carbonyl (C=O) groups is 1. The minimum Gasteiger partial charge on any atom is -0.377 e. The first-order valence-corrected chi connectivity index (χ1v) is 6.44. The molecule has 1 atom stereocenters. The van der Waals surface area contributed by atoms with E-state index in [2.05, 4.69) is 11.8 Å². The van der Waals surface area contributed by atoms with Gasteiger partial charge in [0, 0.05) is 32.5 Å². The van der Waals surface area contributed by atoms with Crippen molar-refractivity contribution >= 4 is 5.78 Å². The van der Waals surface area contributed by atoms with Crippen molar-refractivity contribution in [3.63, 3.8) is 0 Å². The van der Waals surface area contributed by atoms with Crippen LogP contribution in [0.25, 0.3) is 0 Å². The maximum atomic E-state index is 11.2. The standard InChI is InChI=1S/C13H23NO2/c1-13(16-2)8-3-9-14(10-13)11-4-6-12(15)7-5-11/h11H,3-10H2,1-2H3. The number of hydrogen-bond donors (Lipinski definition) is 0. The maximum Gasteiger partial charge on any atom is 0.133 e. The molecule has 1 aliphatic carbocycles. The molecule has 0 bridgehead atoms. The summed E-state index contributed by atoms with van der Waals surface area (Å²) in [7, 11) is 1.81. The fraction of sp³-hybridized carbons (Fsp3) is 0.923. The predicted molar refractivity (Wildman–Crippen MR) is 63.5 cm³/mol. The first kappa shape index (κ1) is 12.1. The number of piperidine rings is 1. The van der Waals surface area contributed by atoms with E-state index in [0.717, 1.165) is 38.6 Å². The predicted octanol–water partition coefficient (Wildman–Crippen LogP) is 2.00. The van der Waals surface area contributed by atoms with Gasteiger partial charge in [0.05, 0.1) is 5.60 Å². The quantitative estimate of drug-likeness (QED) is 0.720. The average molecular weight is 225 g/mol. The molecular formula is C13H23NO2. The molecular weight excluding hydrogens is 202 g/mol. The van der Waals surface area contributed by atoms with Gasteiger partial charge in [-0.3, -0.25) is 9.69 Å². The van der Waals surface area contributed by atoms with Crippen molar-refractivity contribution in [2.45, 2.75) is 57.1 Å². The Morgan fingerprint density at radius 1 is 1.38 bits per heavy atom. The summed E-state index contributed by atoms with van der Waals surface area (Å²) < 4.78 is 5.61. The summed E-state index contributed by atoms with van der Waals surface area (Å²) in [4.78, 5) is 13.8. The second-order valence-electron chi connectivity index (χ2n) is 5.50. The van der Waals surface area contributed by atoms with Gasteiger partial charge in [0.15, 0.2) is 0 Å². The molecule has 0 radical (unpaired) electrons. The molecule has 16 heavy (non-hydrogen) atoms. The van der Waals surface area contributed by atoms with E-state index in [0.29, 0.717) is 11.8 Å². The van der Waals surface area contributed by atoms with Crippen LogP contribution in [0.4, 0.5) is 0 Å². The summed E-state index contributed by atoms with van der Waals surface area (Å²) >= 11 is 0. The van der Waals surface area contributed by atoms with E-state index in [1.807, 2.05) is 7.11 Å². The highest BCUT2D eigenvalue weighted by Gasteiger charge is 2.34. The number of likely N-dealkylation sites (tertiary alicyclic amines) is 1. The Hall–Kier alpha value is -0.410. The normalized spacial score (nSPS) is 34.2. The molecule has 1 heterocycles. The van der Waals surface area contributed by atoms with Gasteiger partial charge in [0.2, 0.25) is 0 Å². The summed E-state index contributed by atoms with van der Waals surface area (Å²) in [6, 6.07) is 0.618. The van der Waals surface area contributed by atoms with E-state index in [-0.39, 0.29) is 5.60 Å². The molecule has 3 nitrogen and oxygen atoms in total. The lowest BCUT2D eigenvalue weighted by molar-refractivity contribution is -0.122. The first-order chi connectivity index (χ1) is 7.63. The van der Waals surface area contributed by atoms with Crippen LogP contribution in [-0.2, 0) is 9.53 Å². The van der Waals surface area contributed by atoms with Gasteiger partial charge in [-0.1, -0.05) is 0 Å². The van der Waals surface area contributed by atoms with Crippen LogP contribution in [0.15, 0.2) is 0 Å². The van der Waals surface area contributed by atoms with Crippen molar-refractivity contribution in [3.05, 3.63) is 0 Å². The summed E-state index contributed by atoms with van der Waals surface area (Å²) in [6.45, 7) is 4.41. The topological polar surface area (TPSA) is 29.5 Å². The fourth-order valence-electron chi connectivity index (χ4n) is 3.01. The SMILES string of the molecule is COC1(C)CCCN(C2CCC(=O)CC2)C1. The number of Topliss-reactive ketones (excluding diaryl/α,β-unsaturated/α-hetero) is 1. The minimum absolute atomic E-state index is 0.0275. The Labute approximate surface area is 98.1 Å². The highest BCUT2D eigenvalue weighted by molar-refractivity contribution is 5.79. The van der Waals surface area contributed by atoms with Crippen LogP contribution in [0.5, 0.6) is 0 Å². The molecule has 92 valence electrons. The first-order valence-electron chi connectivity index (χ1n) is 6.44. The second kappa shape index (κ2) is 4.84. The van der Waals surface area contributed by atoms with Crippen LogP contribution in [-0.4, -0.2) is 42.5 Å². The number of ketones is 1. The largest absolute Gasteiger partial charge is 0.377 e. The van der Waals surface area contributed by atoms with Crippen molar-refractivity contribution in [2.24, 2.45) is 0 Å². The third-order valence-electron chi connectivity index (χ3n) is 4.21. The molecule has 2 rings (SSSR count). The summed E-state index contributed by atoms with van der Waals surface area (Å²) in [5.41, 5.74) is 0.0275. The zero-order chi connectivity index (χ0) is 11.6. The fourth-order valence-corrected chi connectivity index (χ4v) is 3.01.